The van der Waals surface area contributed by atoms with Gasteiger partial charge in [0, 0.05) is 6.26 Å². The number of hydrogen-bond donors (Lipinski definition) is 3. The largest absolute Gasteiger partial charge is 0.422 e. The van der Waals surface area contributed by atoms with Crippen LogP contribution < -0.4 is 10.3 Å². The lowest BCUT2D eigenvalue weighted by molar-refractivity contribution is 0.426. The quantitative estimate of drug-likeness (QED) is 0.255. The molecule has 0 radical (unpaired) electrons. The Balaban J connectivity index is 1.67. The molecule has 2 atom stereocenters. The molecule has 2 heterocycles. The molecule has 0 saturated heterocycles. The van der Waals surface area contributed by atoms with E-state index in [-0.39, 0.29) is 18.3 Å². The molecule has 162 valence electrons. The van der Waals surface area contributed by atoms with E-state index in [2.05, 4.69) is 25.4 Å². The maximum absolute atomic E-state index is 12.5. The molecule has 3 N–H and O–H groups in total. The molecule has 0 amide bonds. The monoisotopic (exact) mass is 479 g/mol. The Bertz CT molecular complexity index is 1340. The van der Waals surface area contributed by atoms with E-state index in [0.717, 1.165) is 22.1 Å². The first-order valence-electron chi connectivity index (χ1n) is 8.87. The Morgan fingerprint density at radius 3 is 2.65 bits per heavy atom. The molecule has 2 aromatic carbocycles. The number of hydrogen-bond acceptors (Lipinski definition) is 9. The van der Waals surface area contributed by atoms with Crippen molar-refractivity contribution in [2.24, 2.45) is 0 Å². The van der Waals surface area contributed by atoms with Gasteiger partial charge in [-0.2, -0.15) is 4.83 Å². The summed E-state index contributed by atoms with van der Waals surface area (Å²) in [5, 5.41) is 6.75. The average Bonchev–Trinajstić information content (AvgIpc) is 3.34. The summed E-state index contributed by atoms with van der Waals surface area (Å²) in [4.78, 5) is 6.60. The van der Waals surface area contributed by atoms with E-state index in [1.165, 1.54) is 11.3 Å². The normalized spacial score (nSPS) is 14.0. The van der Waals surface area contributed by atoms with Crippen molar-refractivity contribution in [3.63, 3.8) is 0 Å². The summed E-state index contributed by atoms with van der Waals surface area (Å²) in [6.45, 7) is -0.0734. The van der Waals surface area contributed by atoms with Crippen molar-refractivity contribution in [2.45, 2.75) is 11.8 Å². The lowest BCUT2D eigenvalue weighted by Crippen LogP contribution is -2.32. The van der Waals surface area contributed by atoms with Crippen LogP contribution in [0.3, 0.4) is 0 Å². The minimum absolute atomic E-state index is 0.0501. The topological polar surface area (TPSA) is 147 Å². The van der Waals surface area contributed by atoms with E-state index in [0.29, 0.717) is 10.5 Å². The third kappa shape index (κ3) is 5.03. The summed E-state index contributed by atoms with van der Waals surface area (Å²) < 4.78 is 50.7. The molecule has 0 aliphatic rings. The number of benzene rings is 2. The fraction of sp³-hybridized carbons (Fsp3) is 0.167. The minimum Gasteiger partial charge on any atom is -0.422 e. The molecule has 10 nitrogen and oxygen atoms in total. The van der Waals surface area contributed by atoms with Gasteiger partial charge in [-0.15, -0.1) is 21.5 Å². The molecular weight excluding hydrogens is 462 g/mol. The molecule has 2 aromatic heterocycles. The zero-order valence-electron chi connectivity index (χ0n) is 16.0. The van der Waals surface area contributed by atoms with Crippen molar-refractivity contribution < 1.29 is 21.6 Å². The van der Waals surface area contributed by atoms with Gasteiger partial charge in [0.1, 0.15) is 5.01 Å². The van der Waals surface area contributed by atoms with Crippen molar-refractivity contribution >= 4 is 42.7 Å². The highest BCUT2D eigenvalue weighted by Crippen LogP contribution is 2.36. The highest BCUT2D eigenvalue weighted by Gasteiger charge is 2.33. The molecule has 13 heteroatoms. The van der Waals surface area contributed by atoms with E-state index in [9.17, 15) is 12.6 Å². The number of rotatable bonds is 8. The summed E-state index contributed by atoms with van der Waals surface area (Å²) in [5.74, 6) is -0.0687. The van der Waals surface area contributed by atoms with Crippen LogP contribution >= 0.6 is 11.3 Å². The molecule has 0 saturated carbocycles. The number of sulfone groups is 1. The van der Waals surface area contributed by atoms with Crippen LogP contribution in [0.15, 0.2) is 52.9 Å². The van der Waals surface area contributed by atoms with Crippen LogP contribution in [0.1, 0.15) is 22.0 Å². The van der Waals surface area contributed by atoms with Gasteiger partial charge in [0.25, 0.3) is 0 Å². The van der Waals surface area contributed by atoms with Gasteiger partial charge in [-0.3, -0.25) is 4.55 Å². The predicted octanol–water partition coefficient (Wildman–Crippen LogP) is 2.21. The van der Waals surface area contributed by atoms with Crippen molar-refractivity contribution in [1.29, 1.82) is 0 Å². The van der Waals surface area contributed by atoms with Crippen LogP contribution in [0, 0.1) is 0 Å². The second-order valence-corrected chi connectivity index (χ2v) is 10.4. The summed E-state index contributed by atoms with van der Waals surface area (Å²) in [6, 6.07) is 15.6. The molecule has 0 fully saturated rings. The average molecular weight is 480 g/mol. The molecule has 0 spiro atoms. The highest BCUT2D eigenvalue weighted by molar-refractivity contribution is 7.91. The Hall–Kier alpha value is -2.55. The van der Waals surface area contributed by atoms with E-state index in [4.69, 9.17) is 8.97 Å². The van der Waals surface area contributed by atoms with E-state index in [1.807, 2.05) is 48.5 Å². The molecule has 0 aliphatic heterocycles. The zero-order valence-corrected chi connectivity index (χ0v) is 18.5. The number of fused-ring (bicyclic) bond motifs is 1. The van der Waals surface area contributed by atoms with Crippen molar-refractivity contribution in [3.05, 3.63) is 65.3 Å². The van der Waals surface area contributed by atoms with Crippen LogP contribution in [0.4, 0.5) is 0 Å². The summed E-state index contributed by atoms with van der Waals surface area (Å²) in [6.07, 6.45) is 1.08. The fourth-order valence-corrected chi connectivity index (χ4v) is 5.62. The van der Waals surface area contributed by atoms with Gasteiger partial charge in [0.15, 0.2) is 15.1 Å². The molecular formula is C18H17N5O5S3. The third-order valence-corrected chi connectivity index (χ3v) is 7.12. The first-order valence-corrected chi connectivity index (χ1v) is 12.8. The van der Waals surface area contributed by atoms with Crippen molar-refractivity contribution in [3.8, 4) is 11.1 Å². The number of thiazole rings is 1. The minimum atomic E-state index is -3.67. The van der Waals surface area contributed by atoms with Crippen LogP contribution in [-0.2, 0) is 27.6 Å². The van der Waals surface area contributed by atoms with Gasteiger partial charge in [0.05, 0.1) is 16.8 Å². The second kappa shape index (κ2) is 8.90. The lowest BCUT2D eigenvalue weighted by atomic mass is 10.1. The van der Waals surface area contributed by atoms with Crippen LogP contribution in [0.25, 0.3) is 21.3 Å². The van der Waals surface area contributed by atoms with E-state index < -0.39 is 26.4 Å². The molecule has 0 bridgehead atoms. The lowest BCUT2D eigenvalue weighted by Gasteiger charge is -2.07. The first kappa shape index (κ1) is 21.7. The molecule has 4 aromatic rings. The van der Waals surface area contributed by atoms with Crippen LogP contribution in [0.2, 0.25) is 0 Å². The maximum atomic E-state index is 12.5. The summed E-state index contributed by atoms with van der Waals surface area (Å²) >= 11 is -1.02. The molecule has 31 heavy (non-hydrogen) atoms. The van der Waals surface area contributed by atoms with Crippen molar-refractivity contribution in [1.82, 2.24) is 25.4 Å². The number of aromatic nitrogens is 3. The Morgan fingerprint density at radius 2 is 1.94 bits per heavy atom. The van der Waals surface area contributed by atoms with Gasteiger partial charge in [-0.05, 0) is 23.3 Å². The third-order valence-electron chi connectivity index (χ3n) is 4.27. The van der Waals surface area contributed by atoms with E-state index >= 15 is 0 Å². The predicted molar refractivity (Wildman–Crippen MR) is 117 cm³/mol. The van der Waals surface area contributed by atoms with Gasteiger partial charge in [-0.1, -0.05) is 36.4 Å². The Morgan fingerprint density at radius 1 is 1.16 bits per heavy atom. The second-order valence-electron chi connectivity index (χ2n) is 6.55. The smallest absolute Gasteiger partial charge is 0.245 e. The van der Waals surface area contributed by atoms with Gasteiger partial charge in [0.2, 0.25) is 23.0 Å². The van der Waals surface area contributed by atoms with Crippen LogP contribution in [-0.4, -0.2) is 38.6 Å². The highest BCUT2D eigenvalue weighted by atomic mass is 32.2. The van der Waals surface area contributed by atoms with Gasteiger partial charge >= 0.3 is 0 Å². The van der Waals surface area contributed by atoms with Crippen molar-refractivity contribution in [2.75, 3.05) is 6.26 Å². The number of nitrogens with zero attached hydrogens (tertiary/aromatic N) is 3. The van der Waals surface area contributed by atoms with Crippen LogP contribution in [0.5, 0.6) is 0 Å². The molecule has 2 unspecified atom stereocenters. The molecule has 4 rings (SSSR count). The summed E-state index contributed by atoms with van der Waals surface area (Å²) in [7, 11) is -3.67. The summed E-state index contributed by atoms with van der Waals surface area (Å²) in [5.41, 5.74) is 5.09. The Labute approximate surface area is 184 Å². The SMILES string of the molecule is CS(=O)(=O)C(c1nnc(CNNS(=O)O)o1)c1nc2cc(-c3ccccc3)ccc2s1. The number of nitrogens with one attached hydrogen (secondary N) is 2. The zero-order chi connectivity index (χ0) is 22.0. The standard InChI is InChI=1S/C18H17N5O5S3/c1-31(26,27)16(17-22-21-15(28-17)10-19-23-30(24)25)18-20-13-9-12(7-8-14(13)29-18)11-5-3-2-4-6-11/h2-9,16,19,23H,10H2,1H3,(H,24,25). The van der Waals surface area contributed by atoms with Gasteiger partial charge < -0.3 is 4.42 Å². The number of hydrazine groups is 1. The maximum Gasteiger partial charge on any atom is 0.245 e. The Kier molecular flexibility index (Phi) is 6.22. The first-order chi connectivity index (χ1) is 14.8. The van der Waals surface area contributed by atoms with E-state index in [1.54, 1.807) is 0 Å². The fourth-order valence-electron chi connectivity index (χ4n) is 2.96. The van der Waals surface area contributed by atoms with Gasteiger partial charge in [-0.25, -0.2) is 23.0 Å². The molecule has 0 aliphatic carbocycles.